The first-order valence-corrected chi connectivity index (χ1v) is 14.5. The second kappa shape index (κ2) is 7.49. The highest BCUT2D eigenvalue weighted by Crippen LogP contribution is 2.53. The molecule has 0 saturated carbocycles. The van der Waals surface area contributed by atoms with Crippen LogP contribution in [0.15, 0.2) is 36.4 Å². The lowest BCUT2D eigenvalue weighted by atomic mass is 9.62. The lowest BCUT2D eigenvalue weighted by molar-refractivity contribution is 0.330. The van der Waals surface area contributed by atoms with Crippen molar-refractivity contribution in [1.82, 2.24) is 0 Å². The van der Waals surface area contributed by atoms with E-state index in [-0.39, 0.29) is 21.7 Å². The number of benzene rings is 2. The molecule has 2 unspecified atom stereocenters. The van der Waals surface area contributed by atoms with Gasteiger partial charge in [-0.1, -0.05) is 111 Å². The molecule has 0 heteroatoms. The highest BCUT2D eigenvalue weighted by Gasteiger charge is 2.41. The molecule has 6 rings (SSSR count). The van der Waals surface area contributed by atoms with Gasteiger partial charge in [0, 0.05) is 11.8 Å². The van der Waals surface area contributed by atoms with E-state index in [1.54, 1.807) is 33.4 Å². The molecule has 4 aliphatic rings. The largest absolute Gasteiger partial charge is 0.0761 e. The Hall–Kier alpha value is -2.08. The summed E-state index contributed by atoms with van der Waals surface area (Å²) in [5.74, 6) is 1.50. The number of allylic oxidation sites excluding steroid dienone is 2. The average molecular weight is 479 g/mol. The van der Waals surface area contributed by atoms with Gasteiger partial charge in [-0.05, 0) is 97.8 Å². The van der Waals surface area contributed by atoms with Crippen molar-refractivity contribution in [2.24, 2.45) is 5.92 Å². The molecule has 0 amide bonds. The minimum absolute atomic E-state index is 0.258. The molecule has 0 bridgehead atoms. The van der Waals surface area contributed by atoms with Crippen molar-refractivity contribution in [1.29, 1.82) is 0 Å². The summed E-state index contributed by atoms with van der Waals surface area (Å²) in [6.45, 7) is 22.1. The minimum Gasteiger partial charge on any atom is -0.0761 e. The molecule has 2 aromatic rings. The Bertz CT molecular complexity index is 1200. The first-order chi connectivity index (χ1) is 16.7. The molecule has 36 heavy (non-hydrogen) atoms. The number of hydrogen-bond donors (Lipinski definition) is 0. The Morgan fingerprint density at radius 3 is 1.17 bits per heavy atom. The zero-order valence-electron chi connectivity index (χ0n) is 24.2. The van der Waals surface area contributed by atoms with Gasteiger partial charge in [-0.3, -0.25) is 0 Å². The van der Waals surface area contributed by atoms with E-state index in [4.69, 9.17) is 0 Å². The minimum atomic E-state index is 0.258. The van der Waals surface area contributed by atoms with Gasteiger partial charge < -0.3 is 0 Å². The summed E-state index contributed by atoms with van der Waals surface area (Å²) >= 11 is 0. The fourth-order valence-corrected chi connectivity index (χ4v) is 7.92. The van der Waals surface area contributed by atoms with Crippen molar-refractivity contribution >= 4 is 12.2 Å². The molecular weight excluding hydrogens is 432 g/mol. The Labute approximate surface area is 220 Å². The van der Waals surface area contributed by atoms with Crippen LogP contribution >= 0.6 is 0 Å². The van der Waals surface area contributed by atoms with Crippen molar-refractivity contribution < 1.29 is 0 Å². The van der Waals surface area contributed by atoms with E-state index in [1.807, 2.05) is 0 Å². The van der Waals surface area contributed by atoms with Crippen molar-refractivity contribution in [3.63, 3.8) is 0 Å². The first-order valence-electron chi connectivity index (χ1n) is 14.5. The van der Waals surface area contributed by atoms with Gasteiger partial charge in [0.25, 0.3) is 0 Å². The van der Waals surface area contributed by atoms with Crippen LogP contribution in [-0.4, -0.2) is 0 Å². The summed E-state index contributed by atoms with van der Waals surface area (Å²) in [7, 11) is 0. The molecule has 0 heterocycles. The molecule has 0 fully saturated rings. The van der Waals surface area contributed by atoms with Crippen LogP contribution in [-0.2, 0) is 21.7 Å². The average Bonchev–Trinajstić information content (AvgIpc) is 3.42. The van der Waals surface area contributed by atoms with Gasteiger partial charge in [0.2, 0.25) is 0 Å². The van der Waals surface area contributed by atoms with Crippen LogP contribution in [0, 0.1) is 5.92 Å². The third-order valence-electron chi connectivity index (χ3n) is 10.9. The number of hydrogen-bond acceptors (Lipinski definition) is 0. The van der Waals surface area contributed by atoms with Gasteiger partial charge in [0.15, 0.2) is 0 Å². The summed E-state index contributed by atoms with van der Waals surface area (Å²) in [6.07, 6.45) is 15.0. The highest BCUT2D eigenvalue weighted by atomic mass is 14.5. The van der Waals surface area contributed by atoms with E-state index in [9.17, 15) is 0 Å². The second-order valence-electron chi connectivity index (χ2n) is 15.2. The van der Waals surface area contributed by atoms with Gasteiger partial charge in [-0.15, -0.1) is 0 Å². The monoisotopic (exact) mass is 478 g/mol. The van der Waals surface area contributed by atoms with Crippen molar-refractivity contribution in [2.45, 2.75) is 121 Å². The van der Waals surface area contributed by atoms with E-state index >= 15 is 0 Å². The molecule has 4 aliphatic carbocycles. The molecule has 0 spiro atoms. The summed E-state index contributed by atoms with van der Waals surface area (Å²) in [5, 5.41) is 0. The SMILES string of the molecule is CC(C1C=Cc2cc3c(cc21)C(C)(C)CCC3(C)C)C1C=Cc2cc3c(cc21)C(C)(C)CCC3(C)C. The smallest absolute Gasteiger partial charge is 0.00618 e. The van der Waals surface area contributed by atoms with E-state index < -0.39 is 0 Å². The van der Waals surface area contributed by atoms with E-state index in [1.165, 1.54) is 36.8 Å². The maximum absolute atomic E-state index is 2.62. The number of rotatable bonds is 2. The fraction of sp³-hybridized carbons (Fsp3) is 0.556. The zero-order chi connectivity index (χ0) is 25.8. The fourth-order valence-electron chi connectivity index (χ4n) is 7.92. The van der Waals surface area contributed by atoms with Crippen molar-refractivity contribution in [3.8, 4) is 0 Å². The maximum atomic E-state index is 2.62. The van der Waals surface area contributed by atoms with E-state index in [2.05, 4.69) is 111 Å². The summed E-state index contributed by atoms with van der Waals surface area (Å²) < 4.78 is 0. The standard InChI is InChI=1S/C36H46/c1-22(25-12-10-23-18-29-31(20-27(23)25)35(6,7)16-14-33(29,2)3)26-13-11-24-19-30-32(21-28(24)26)36(8,9)17-15-34(30,4)5/h10-13,18-22,25-26H,14-17H2,1-9H3. The quantitative estimate of drug-likeness (QED) is 0.403. The van der Waals surface area contributed by atoms with Crippen LogP contribution < -0.4 is 0 Å². The third-order valence-corrected chi connectivity index (χ3v) is 10.9. The summed E-state index contributed by atoms with van der Waals surface area (Å²) in [4.78, 5) is 0. The maximum Gasteiger partial charge on any atom is 0.00618 e. The molecule has 0 N–H and O–H groups in total. The molecule has 0 aliphatic heterocycles. The molecule has 2 atom stereocenters. The van der Waals surface area contributed by atoms with Gasteiger partial charge >= 0.3 is 0 Å². The zero-order valence-corrected chi connectivity index (χ0v) is 24.2. The van der Waals surface area contributed by atoms with Crippen LogP contribution in [0.3, 0.4) is 0 Å². The molecule has 0 radical (unpaired) electrons. The topological polar surface area (TPSA) is 0 Å². The summed E-state index contributed by atoms with van der Waals surface area (Å²) in [6, 6.07) is 10.3. The van der Waals surface area contributed by atoms with Crippen molar-refractivity contribution in [2.75, 3.05) is 0 Å². The highest BCUT2D eigenvalue weighted by molar-refractivity contribution is 5.69. The lowest BCUT2D eigenvalue weighted by Crippen LogP contribution is -2.34. The van der Waals surface area contributed by atoms with Crippen LogP contribution in [0.1, 0.15) is 144 Å². The van der Waals surface area contributed by atoms with Gasteiger partial charge in [0.1, 0.15) is 0 Å². The lowest BCUT2D eigenvalue weighted by Gasteiger charge is -2.43. The normalized spacial score (nSPS) is 28.2. The molecule has 0 nitrogen and oxygen atoms in total. The number of fused-ring (bicyclic) bond motifs is 4. The second-order valence-corrected chi connectivity index (χ2v) is 15.2. The Morgan fingerprint density at radius 2 is 0.833 bits per heavy atom. The summed E-state index contributed by atoms with van der Waals surface area (Å²) in [5.41, 5.74) is 13.5. The molecule has 0 aromatic heterocycles. The van der Waals surface area contributed by atoms with Crippen LogP contribution in [0.4, 0.5) is 0 Å². The van der Waals surface area contributed by atoms with Gasteiger partial charge in [0.05, 0.1) is 0 Å². The van der Waals surface area contributed by atoms with Crippen LogP contribution in [0.5, 0.6) is 0 Å². The van der Waals surface area contributed by atoms with Gasteiger partial charge in [-0.25, -0.2) is 0 Å². The predicted molar refractivity (Wildman–Crippen MR) is 156 cm³/mol. The van der Waals surface area contributed by atoms with Crippen LogP contribution in [0.2, 0.25) is 0 Å². The van der Waals surface area contributed by atoms with Crippen LogP contribution in [0.25, 0.3) is 12.2 Å². The molecular formula is C36H46. The van der Waals surface area contributed by atoms with E-state index in [0.29, 0.717) is 17.8 Å². The van der Waals surface area contributed by atoms with E-state index in [0.717, 1.165) is 0 Å². The molecule has 0 saturated heterocycles. The van der Waals surface area contributed by atoms with Gasteiger partial charge in [-0.2, -0.15) is 0 Å². The Kier molecular flexibility index (Phi) is 5.05. The Balaban J connectivity index is 1.39. The third kappa shape index (κ3) is 3.46. The Morgan fingerprint density at radius 1 is 0.528 bits per heavy atom. The molecule has 190 valence electrons. The first kappa shape index (κ1) is 24.3. The predicted octanol–water partition coefficient (Wildman–Crippen LogP) is 9.94. The van der Waals surface area contributed by atoms with Crippen molar-refractivity contribution in [3.05, 3.63) is 80.9 Å². The molecule has 2 aromatic carbocycles.